The molecule has 22 heavy (non-hydrogen) atoms. The summed E-state index contributed by atoms with van der Waals surface area (Å²) >= 11 is 5.47. The van der Waals surface area contributed by atoms with E-state index < -0.39 is 29.1 Å². The Kier molecular flexibility index (Phi) is 4.81. The van der Waals surface area contributed by atoms with Crippen molar-refractivity contribution in [3.05, 3.63) is 52.9 Å². The van der Waals surface area contributed by atoms with Crippen molar-refractivity contribution in [2.45, 2.75) is 12.8 Å². The normalized spacial score (nSPS) is 11.1. The van der Waals surface area contributed by atoms with E-state index in [2.05, 4.69) is 15.3 Å². The van der Waals surface area contributed by atoms with Gasteiger partial charge < -0.3 is 4.74 Å². The van der Waals surface area contributed by atoms with E-state index >= 15 is 0 Å². The zero-order valence-electron chi connectivity index (χ0n) is 10.9. The molecule has 0 fully saturated rings. The number of ether oxygens (including phenoxy) is 1. The molecule has 0 unspecified atom stereocenters. The SMILES string of the molecule is O=C(Nc1cc(Cl)nc(C(F)(F)F)n1)OCc1ccccc1. The van der Waals surface area contributed by atoms with E-state index in [0.29, 0.717) is 0 Å². The molecule has 0 saturated heterocycles. The molecular formula is C13H9ClF3N3O2. The molecule has 0 saturated carbocycles. The highest BCUT2D eigenvalue weighted by atomic mass is 35.5. The molecule has 1 amide bonds. The van der Waals surface area contributed by atoms with E-state index in [9.17, 15) is 18.0 Å². The molecular weight excluding hydrogens is 323 g/mol. The van der Waals surface area contributed by atoms with Crippen molar-refractivity contribution in [1.29, 1.82) is 0 Å². The summed E-state index contributed by atoms with van der Waals surface area (Å²) in [6.45, 7) is -0.0301. The van der Waals surface area contributed by atoms with Crippen LogP contribution in [0.1, 0.15) is 11.4 Å². The third-order valence-electron chi connectivity index (χ3n) is 2.39. The second-order valence-electron chi connectivity index (χ2n) is 4.08. The van der Waals surface area contributed by atoms with Crippen LogP contribution >= 0.6 is 11.6 Å². The van der Waals surface area contributed by atoms with Crippen LogP contribution < -0.4 is 5.32 Å². The molecule has 1 heterocycles. The topological polar surface area (TPSA) is 64.1 Å². The van der Waals surface area contributed by atoms with E-state index in [1.54, 1.807) is 30.3 Å². The van der Waals surface area contributed by atoms with E-state index in [-0.39, 0.29) is 6.61 Å². The monoisotopic (exact) mass is 331 g/mol. The van der Waals surface area contributed by atoms with Gasteiger partial charge in [-0.3, -0.25) is 5.32 Å². The number of aromatic nitrogens is 2. The maximum atomic E-state index is 12.5. The fourth-order valence-electron chi connectivity index (χ4n) is 1.47. The van der Waals surface area contributed by atoms with E-state index in [1.165, 1.54) is 0 Å². The molecule has 9 heteroatoms. The Hall–Kier alpha value is -2.35. The van der Waals surface area contributed by atoms with Crippen molar-refractivity contribution in [3.63, 3.8) is 0 Å². The number of nitrogens with one attached hydrogen (secondary N) is 1. The number of halogens is 4. The van der Waals surface area contributed by atoms with Crippen molar-refractivity contribution in [3.8, 4) is 0 Å². The number of hydrogen-bond acceptors (Lipinski definition) is 4. The summed E-state index contributed by atoms with van der Waals surface area (Å²) in [5.74, 6) is -1.84. The number of carbonyl (C=O) groups excluding carboxylic acids is 1. The third-order valence-corrected chi connectivity index (χ3v) is 2.58. The quantitative estimate of drug-likeness (QED) is 0.866. The van der Waals surface area contributed by atoms with Crippen molar-refractivity contribution in [2.75, 3.05) is 5.32 Å². The van der Waals surface area contributed by atoms with Gasteiger partial charge >= 0.3 is 12.3 Å². The summed E-state index contributed by atoms with van der Waals surface area (Å²) in [4.78, 5) is 17.8. The van der Waals surface area contributed by atoms with Gasteiger partial charge in [0.2, 0.25) is 5.82 Å². The van der Waals surface area contributed by atoms with E-state index in [0.717, 1.165) is 11.6 Å². The van der Waals surface area contributed by atoms with Crippen LogP contribution in [0.2, 0.25) is 5.15 Å². The van der Waals surface area contributed by atoms with Crippen LogP contribution in [0, 0.1) is 0 Å². The van der Waals surface area contributed by atoms with Crippen LogP contribution in [-0.2, 0) is 17.5 Å². The van der Waals surface area contributed by atoms with Gasteiger partial charge in [-0.2, -0.15) is 13.2 Å². The number of anilines is 1. The molecule has 0 aliphatic rings. The Bertz CT molecular complexity index is 665. The van der Waals surface area contributed by atoms with Gasteiger partial charge in [0.1, 0.15) is 17.6 Å². The minimum Gasteiger partial charge on any atom is -0.444 e. The molecule has 2 aromatic rings. The summed E-state index contributed by atoms with van der Waals surface area (Å²) in [5.41, 5.74) is 0.731. The molecule has 1 N–H and O–H groups in total. The first-order valence-corrected chi connectivity index (χ1v) is 6.32. The Morgan fingerprint density at radius 2 is 1.91 bits per heavy atom. The minimum absolute atomic E-state index is 0.0301. The maximum Gasteiger partial charge on any atom is 0.451 e. The van der Waals surface area contributed by atoms with Gasteiger partial charge in [0.05, 0.1) is 0 Å². The van der Waals surface area contributed by atoms with Gasteiger partial charge in [-0.05, 0) is 5.56 Å². The van der Waals surface area contributed by atoms with Crippen molar-refractivity contribution >= 4 is 23.5 Å². The van der Waals surface area contributed by atoms with Gasteiger partial charge in [-0.25, -0.2) is 14.8 Å². The lowest BCUT2D eigenvalue weighted by molar-refractivity contribution is -0.144. The molecule has 0 bridgehead atoms. The van der Waals surface area contributed by atoms with Crippen LogP contribution in [0.15, 0.2) is 36.4 Å². The zero-order chi connectivity index (χ0) is 16.2. The lowest BCUT2D eigenvalue weighted by Crippen LogP contribution is -2.17. The lowest BCUT2D eigenvalue weighted by Gasteiger charge is -2.09. The molecule has 0 atom stereocenters. The largest absolute Gasteiger partial charge is 0.451 e. The first kappa shape index (κ1) is 16.0. The van der Waals surface area contributed by atoms with Crippen molar-refractivity contribution in [1.82, 2.24) is 9.97 Å². The fourth-order valence-corrected chi connectivity index (χ4v) is 1.66. The second kappa shape index (κ2) is 6.61. The lowest BCUT2D eigenvalue weighted by atomic mass is 10.2. The standard InChI is InChI=1S/C13H9ClF3N3O2/c14-9-6-10(19-11(18-9)13(15,16)17)20-12(21)22-7-8-4-2-1-3-5-8/h1-6H,7H2,(H,18,19,20,21). The van der Waals surface area contributed by atoms with Crippen LogP contribution in [-0.4, -0.2) is 16.1 Å². The summed E-state index contributed by atoms with van der Waals surface area (Å²) in [6, 6.07) is 9.77. The summed E-state index contributed by atoms with van der Waals surface area (Å²) < 4.78 is 42.4. The molecule has 2 rings (SSSR count). The highest BCUT2D eigenvalue weighted by Gasteiger charge is 2.35. The van der Waals surface area contributed by atoms with Crippen LogP contribution in [0.5, 0.6) is 0 Å². The zero-order valence-corrected chi connectivity index (χ0v) is 11.6. The number of hydrogen-bond donors (Lipinski definition) is 1. The highest BCUT2D eigenvalue weighted by molar-refractivity contribution is 6.29. The average Bonchev–Trinajstić information content (AvgIpc) is 2.45. The summed E-state index contributed by atoms with van der Waals surface area (Å²) in [5, 5.41) is 1.62. The molecule has 1 aromatic heterocycles. The van der Waals surface area contributed by atoms with Gasteiger partial charge in [0, 0.05) is 6.07 Å². The molecule has 116 valence electrons. The molecule has 0 radical (unpaired) electrons. The van der Waals surface area contributed by atoms with E-state index in [1.807, 2.05) is 0 Å². The van der Waals surface area contributed by atoms with Crippen LogP contribution in [0.25, 0.3) is 0 Å². The first-order chi connectivity index (χ1) is 10.3. The Morgan fingerprint density at radius 1 is 1.23 bits per heavy atom. The molecule has 1 aromatic carbocycles. The minimum atomic E-state index is -4.77. The molecule has 0 aliphatic carbocycles. The number of nitrogens with zero attached hydrogens (tertiary/aromatic N) is 2. The fraction of sp³-hybridized carbons (Fsp3) is 0.154. The summed E-state index contributed by atoms with van der Waals surface area (Å²) in [7, 11) is 0. The predicted octanol–water partition coefficient (Wildman–Crippen LogP) is 3.90. The Labute approximate surface area is 128 Å². The molecule has 0 spiro atoms. The number of benzene rings is 1. The third kappa shape index (κ3) is 4.59. The van der Waals surface area contributed by atoms with Gasteiger partial charge in [-0.15, -0.1) is 0 Å². The Balaban J connectivity index is 2.01. The van der Waals surface area contributed by atoms with Crippen molar-refractivity contribution < 1.29 is 22.7 Å². The molecule has 0 aliphatic heterocycles. The number of amides is 1. The van der Waals surface area contributed by atoms with Crippen LogP contribution in [0.4, 0.5) is 23.8 Å². The average molecular weight is 332 g/mol. The smallest absolute Gasteiger partial charge is 0.444 e. The highest BCUT2D eigenvalue weighted by Crippen LogP contribution is 2.28. The van der Waals surface area contributed by atoms with E-state index in [4.69, 9.17) is 16.3 Å². The van der Waals surface area contributed by atoms with Gasteiger partial charge in [0.15, 0.2) is 0 Å². The van der Waals surface area contributed by atoms with Crippen LogP contribution in [0.3, 0.4) is 0 Å². The number of carbonyl (C=O) groups is 1. The number of rotatable bonds is 3. The first-order valence-electron chi connectivity index (χ1n) is 5.94. The Morgan fingerprint density at radius 3 is 2.55 bits per heavy atom. The molecule has 5 nitrogen and oxygen atoms in total. The van der Waals surface area contributed by atoms with Crippen molar-refractivity contribution in [2.24, 2.45) is 0 Å². The predicted molar refractivity (Wildman–Crippen MR) is 72.3 cm³/mol. The van der Waals surface area contributed by atoms with Gasteiger partial charge in [-0.1, -0.05) is 41.9 Å². The second-order valence-corrected chi connectivity index (χ2v) is 4.47. The summed E-state index contributed by atoms with van der Waals surface area (Å²) in [6.07, 6.45) is -5.72. The van der Waals surface area contributed by atoms with Gasteiger partial charge in [0.25, 0.3) is 0 Å². The number of alkyl halides is 3. The maximum absolute atomic E-state index is 12.5.